The van der Waals surface area contributed by atoms with Crippen molar-refractivity contribution in [3.8, 4) is 0 Å². The number of H-pyrrole nitrogens is 1. The fraction of sp³-hybridized carbons (Fsp3) is 0.267. The van der Waals surface area contributed by atoms with Crippen LogP contribution in [0.1, 0.15) is 22.0 Å². The van der Waals surface area contributed by atoms with Crippen molar-refractivity contribution in [2.75, 3.05) is 19.6 Å². The minimum Gasteiger partial charge on any atom is -0.329 e. The molecule has 0 spiro atoms. The van der Waals surface area contributed by atoms with Crippen LogP contribution in [0.4, 0.5) is 0 Å². The molecule has 1 atom stereocenters. The van der Waals surface area contributed by atoms with Crippen molar-refractivity contribution in [1.82, 2.24) is 20.2 Å². The summed E-state index contributed by atoms with van der Waals surface area (Å²) in [5.74, 6) is -0.104. The van der Waals surface area contributed by atoms with Crippen molar-refractivity contribution < 1.29 is 4.79 Å². The van der Waals surface area contributed by atoms with Crippen LogP contribution in [0.2, 0.25) is 0 Å². The van der Waals surface area contributed by atoms with E-state index in [-0.39, 0.29) is 29.9 Å². The zero-order valence-corrected chi connectivity index (χ0v) is 14.6. The highest BCUT2D eigenvalue weighted by Gasteiger charge is 2.29. The van der Waals surface area contributed by atoms with Crippen LogP contribution in [0.15, 0.2) is 46.1 Å². The number of aromatic amines is 1. The number of nitrogens with one attached hydrogen (secondary N) is 2. The fourth-order valence-electron chi connectivity index (χ4n) is 2.56. The Bertz CT molecular complexity index is 738. The lowest BCUT2D eigenvalue weighted by molar-refractivity contribution is 0.0633. The summed E-state index contributed by atoms with van der Waals surface area (Å²) in [6, 6.07) is 5.32. The fourth-order valence-corrected chi connectivity index (χ4v) is 2.92. The number of aromatic nitrogens is 2. The smallest absolute Gasteiger partial charge is 0.262 e. The monoisotopic (exact) mass is 398 g/mol. The van der Waals surface area contributed by atoms with Crippen LogP contribution in [-0.2, 0) is 0 Å². The Labute approximate surface area is 147 Å². The standard InChI is InChI=1S/C15H15BrN4O2.ClH/c16-12-6-11(8-19-14(12)21)15(22)20-5-4-18-9-13(20)10-2-1-3-17-7-10;/h1-3,6-8,13,18H,4-5,9H2,(H,19,21);1H. The number of piperazine rings is 1. The van der Waals surface area contributed by atoms with Gasteiger partial charge in [0, 0.05) is 38.2 Å². The lowest BCUT2D eigenvalue weighted by Crippen LogP contribution is -2.48. The summed E-state index contributed by atoms with van der Waals surface area (Å²) in [6.07, 6.45) is 4.95. The van der Waals surface area contributed by atoms with Crippen LogP contribution >= 0.6 is 28.3 Å². The summed E-state index contributed by atoms with van der Waals surface area (Å²) >= 11 is 3.16. The highest BCUT2D eigenvalue weighted by molar-refractivity contribution is 9.10. The minimum absolute atomic E-state index is 0. The van der Waals surface area contributed by atoms with Crippen LogP contribution in [-0.4, -0.2) is 40.4 Å². The topological polar surface area (TPSA) is 78.1 Å². The van der Waals surface area contributed by atoms with Crippen LogP contribution in [0.25, 0.3) is 0 Å². The molecule has 3 heterocycles. The van der Waals surface area contributed by atoms with Gasteiger partial charge in [-0.1, -0.05) is 6.07 Å². The molecular weight excluding hydrogens is 384 g/mol. The number of halogens is 2. The van der Waals surface area contributed by atoms with E-state index >= 15 is 0 Å². The molecule has 1 unspecified atom stereocenters. The zero-order chi connectivity index (χ0) is 15.5. The van der Waals surface area contributed by atoms with E-state index in [1.165, 1.54) is 6.20 Å². The molecule has 23 heavy (non-hydrogen) atoms. The zero-order valence-electron chi connectivity index (χ0n) is 12.2. The molecule has 0 aromatic carbocycles. The number of nitrogens with zero attached hydrogens (tertiary/aromatic N) is 2. The molecular formula is C15H16BrClN4O2. The van der Waals surface area contributed by atoms with Gasteiger partial charge in [0.1, 0.15) is 0 Å². The molecule has 122 valence electrons. The third-order valence-corrected chi connectivity index (χ3v) is 4.27. The van der Waals surface area contributed by atoms with Crippen molar-refractivity contribution in [1.29, 1.82) is 0 Å². The van der Waals surface area contributed by atoms with Gasteiger partial charge in [0.2, 0.25) is 0 Å². The van der Waals surface area contributed by atoms with E-state index in [2.05, 4.69) is 31.2 Å². The maximum Gasteiger partial charge on any atom is 0.262 e. The van der Waals surface area contributed by atoms with Gasteiger partial charge in [0.25, 0.3) is 11.5 Å². The number of pyridine rings is 2. The molecule has 2 N–H and O–H groups in total. The molecule has 0 saturated carbocycles. The van der Waals surface area contributed by atoms with Gasteiger partial charge in [0.15, 0.2) is 0 Å². The van der Waals surface area contributed by atoms with Gasteiger partial charge in [-0.2, -0.15) is 0 Å². The number of hydrogen-bond acceptors (Lipinski definition) is 4. The summed E-state index contributed by atoms with van der Waals surface area (Å²) < 4.78 is 0.353. The molecule has 2 aromatic rings. The number of carbonyl (C=O) groups is 1. The quantitative estimate of drug-likeness (QED) is 0.806. The normalized spacial score (nSPS) is 17.4. The molecule has 1 saturated heterocycles. The van der Waals surface area contributed by atoms with Crippen LogP contribution in [0, 0.1) is 0 Å². The van der Waals surface area contributed by atoms with E-state index in [4.69, 9.17) is 0 Å². The molecule has 0 aliphatic carbocycles. The molecule has 2 aromatic heterocycles. The Kier molecular flexibility index (Phi) is 5.92. The van der Waals surface area contributed by atoms with E-state index in [0.29, 0.717) is 23.1 Å². The largest absolute Gasteiger partial charge is 0.329 e. The van der Waals surface area contributed by atoms with E-state index in [0.717, 1.165) is 12.1 Å². The molecule has 0 bridgehead atoms. The lowest BCUT2D eigenvalue weighted by Gasteiger charge is -2.36. The Balaban J connectivity index is 0.00000192. The third kappa shape index (κ3) is 3.80. The minimum atomic E-state index is -0.249. The second-order valence-electron chi connectivity index (χ2n) is 5.07. The first-order valence-electron chi connectivity index (χ1n) is 6.96. The first kappa shape index (κ1) is 17.7. The Morgan fingerprint density at radius 2 is 2.26 bits per heavy atom. The predicted octanol–water partition coefficient (Wildman–Crippen LogP) is 1.74. The average molecular weight is 400 g/mol. The van der Waals surface area contributed by atoms with E-state index in [9.17, 15) is 9.59 Å². The summed E-state index contributed by atoms with van der Waals surface area (Å²) in [4.78, 5) is 32.7. The molecule has 1 amide bonds. The number of carbonyl (C=O) groups excluding carboxylic acids is 1. The summed E-state index contributed by atoms with van der Waals surface area (Å²) in [5.41, 5.74) is 1.20. The van der Waals surface area contributed by atoms with E-state index in [1.54, 1.807) is 18.5 Å². The number of amides is 1. The van der Waals surface area contributed by atoms with Crippen LogP contribution in [0.3, 0.4) is 0 Å². The predicted molar refractivity (Wildman–Crippen MR) is 92.9 cm³/mol. The molecule has 6 nitrogen and oxygen atoms in total. The summed E-state index contributed by atoms with van der Waals surface area (Å²) in [5, 5.41) is 3.30. The SMILES string of the molecule is Cl.O=C(c1c[nH]c(=O)c(Br)c1)N1CCNCC1c1cccnc1. The molecule has 1 aliphatic heterocycles. The molecule has 0 radical (unpaired) electrons. The third-order valence-electron chi connectivity index (χ3n) is 3.68. The van der Waals surface area contributed by atoms with Crippen molar-refractivity contribution in [2.24, 2.45) is 0 Å². The second-order valence-corrected chi connectivity index (χ2v) is 5.92. The van der Waals surface area contributed by atoms with Gasteiger partial charge < -0.3 is 15.2 Å². The van der Waals surface area contributed by atoms with Gasteiger partial charge in [-0.25, -0.2) is 0 Å². The van der Waals surface area contributed by atoms with Gasteiger partial charge in [0.05, 0.1) is 16.1 Å². The van der Waals surface area contributed by atoms with Crippen LogP contribution < -0.4 is 10.9 Å². The van der Waals surface area contributed by atoms with Crippen molar-refractivity contribution >= 4 is 34.2 Å². The Morgan fingerprint density at radius 3 is 2.96 bits per heavy atom. The van der Waals surface area contributed by atoms with Gasteiger partial charge in [-0.05, 0) is 33.6 Å². The molecule has 1 fully saturated rings. The molecule has 1 aliphatic rings. The molecule has 8 heteroatoms. The maximum absolute atomic E-state index is 12.8. The highest BCUT2D eigenvalue weighted by Crippen LogP contribution is 2.23. The number of hydrogen-bond donors (Lipinski definition) is 2. The van der Waals surface area contributed by atoms with Crippen molar-refractivity contribution in [2.45, 2.75) is 6.04 Å². The lowest BCUT2D eigenvalue weighted by atomic mass is 10.0. The summed E-state index contributed by atoms with van der Waals surface area (Å²) in [7, 11) is 0. The summed E-state index contributed by atoms with van der Waals surface area (Å²) in [6.45, 7) is 2.03. The maximum atomic E-state index is 12.8. The first-order chi connectivity index (χ1) is 10.7. The highest BCUT2D eigenvalue weighted by atomic mass is 79.9. The van der Waals surface area contributed by atoms with Crippen LogP contribution in [0.5, 0.6) is 0 Å². The average Bonchev–Trinajstić information content (AvgIpc) is 2.57. The van der Waals surface area contributed by atoms with Gasteiger partial charge in [-0.15, -0.1) is 12.4 Å². The van der Waals surface area contributed by atoms with Gasteiger partial charge >= 0.3 is 0 Å². The van der Waals surface area contributed by atoms with E-state index < -0.39 is 0 Å². The second kappa shape index (κ2) is 7.72. The van der Waals surface area contributed by atoms with Gasteiger partial charge in [-0.3, -0.25) is 14.6 Å². The van der Waals surface area contributed by atoms with Crippen molar-refractivity contribution in [3.05, 3.63) is 62.7 Å². The van der Waals surface area contributed by atoms with Crippen molar-refractivity contribution in [3.63, 3.8) is 0 Å². The Hall–Kier alpha value is -1.70. The molecule has 3 rings (SSSR count). The number of rotatable bonds is 2. The Morgan fingerprint density at radius 1 is 1.43 bits per heavy atom. The first-order valence-corrected chi connectivity index (χ1v) is 7.76. The van der Waals surface area contributed by atoms with E-state index in [1.807, 2.05) is 17.0 Å².